The van der Waals surface area contributed by atoms with Crippen LogP contribution in [0.2, 0.25) is 0 Å². The van der Waals surface area contributed by atoms with Crippen molar-refractivity contribution in [3.8, 4) is 6.07 Å². The van der Waals surface area contributed by atoms with E-state index in [2.05, 4.69) is 37.2 Å². The van der Waals surface area contributed by atoms with E-state index in [4.69, 9.17) is 0 Å². The van der Waals surface area contributed by atoms with Crippen LogP contribution in [-0.2, 0) is 0 Å². The van der Waals surface area contributed by atoms with Crippen LogP contribution in [-0.4, -0.2) is 36.1 Å². The van der Waals surface area contributed by atoms with Crippen LogP contribution >= 0.6 is 0 Å². The van der Waals surface area contributed by atoms with Crippen molar-refractivity contribution in [2.24, 2.45) is 0 Å². The average molecular weight is 251 g/mol. The van der Waals surface area contributed by atoms with Gasteiger partial charge >= 0.3 is 0 Å². The Morgan fingerprint density at radius 2 is 2.06 bits per heavy atom. The molecule has 1 atom stereocenters. The number of hydrogen-bond acceptors (Lipinski definition) is 3. The molecule has 3 nitrogen and oxygen atoms in total. The molecule has 0 aliphatic heterocycles. The Morgan fingerprint density at radius 3 is 2.50 bits per heavy atom. The summed E-state index contributed by atoms with van der Waals surface area (Å²) >= 11 is 0. The molecule has 1 aliphatic carbocycles. The van der Waals surface area contributed by atoms with Gasteiger partial charge in [-0.1, -0.05) is 6.42 Å². The summed E-state index contributed by atoms with van der Waals surface area (Å²) in [6.45, 7) is 7.39. The number of rotatable bonds is 8. The topological polar surface area (TPSA) is 39.1 Å². The van der Waals surface area contributed by atoms with Gasteiger partial charge in [0, 0.05) is 12.1 Å². The number of nitrogens with one attached hydrogen (secondary N) is 1. The third kappa shape index (κ3) is 4.96. The molecule has 1 unspecified atom stereocenters. The number of nitriles is 1. The van der Waals surface area contributed by atoms with Gasteiger partial charge in [-0.25, -0.2) is 0 Å². The zero-order valence-corrected chi connectivity index (χ0v) is 12.5. The van der Waals surface area contributed by atoms with Gasteiger partial charge in [0.15, 0.2) is 0 Å². The Balaban J connectivity index is 2.17. The van der Waals surface area contributed by atoms with Crippen LogP contribution in [0.3, 0.4) is 0 Å². The van der Waals surface area contributed by atoms with E-state index < -0.39 is 0 Å². The van der Waals surface area contributed by atoms with Crippen molar-refractivity contribution >= 4 is 0 Å². The highest BCUT2D eigenvalue weighted by Gasteiger charge is 2.24. The highest BCUT2D eigenvalue weighted by molar-refractivity contribution is 5.04. The molecule has 0 amide bonds. The molecular weight excluding hydrogens is 222 g/mol. The van der Waals surface area contributed by atoms with Crippen LogP contribution in [0.25, 0.3) is 0 Å². The van der Waals surface area contributed by atoms with Crippen molar-refractivity contribution in [1.29, 1.82) is 5.26 Å². The Labute approximate surface area is 113 Å². The standard InChI is InChI=1S/C15H29N3/c1-13(2)17-15(3,12-16)10-5-6-11-18(4)14-8-7-9-14/h13-14,17H,5-11H2,1-4H3. The summed E-state index contributed by atoms with van der Waals surface area (Å²) in [7, 11) is 2.24. The SMILES string of the molecule is CC(C)NC(C)(C#N)CCCCN(C)C1CCC1. The number of hydrogen-bond donors (Lipinski definition) is 1. The quantitative estimate of drug-likeness (QED) is 0.674. The van der Waals surface area contributed by atoms with Crippen molar-refractivity contribution in [2.45, 2.75) is 76.9 Å². The summed E-state index contributed by atoms with van der Waals surface area (Å²) in [5.41, 5.74) is -0.358. The Bertz CT molecular complexity index is 278. The lowest BCUT2D eigenvalue weighted by molar-refractivity contribution is 0.156. The van der Waals surface area contributed by atoms with E-state index in [1.54, 1.807) is 0 Å². The van der Waals surface area contributed by atoms with Crippen molar-refractivity contribution < 1.29 is 0 Å². The van der Waals surface area contributed by atoms with Gasteiger partial charge < -0.3 is 4.90 Å². The van der Waals surface area contributed by atoms with E-state index in [-0.39, 0.29) is 5.54 Å². The van der Waals surface area contributed by atoms with Crippen LogP contribution in [0.4, 0.5) is 0 Å². The van der Waals surface area contributed by atoms with Gasteiger partial charge in [0.1, 0.15) is 5.54 Å². The van der Waals surface area contributed by atoms with E-state index in [9.17, 15) is 5.26 Å². The Morgan fingerprint density at radius 1 is 1.39 bits per heavy atom. The maximum absolute atomic E-state index is 9.26. The first-order valence-corrected chi connectivity index (χ1v) is 7.36. The third-order valence-corrected chi connectivity index (χ3v) is 3.99. The van der Waals surface area contributed by atoms with Gasteiger partial charge in [0.05, 0.1) is 6.07 Å². The second kappa shape index (κ2) is 7.11. The molecule has 0 heterocycles. The van der Waals surface area contributed by atoms with Crippen molar-refractivity contribution in [3.63, 3.8) is 0 Å². The second-order valence-corrected chi connectivity index (χ2v) is 6.27. The molecule has 0 saturated heterocycles. The molecule has 3 heteroatoms. The molecule has 0 bridgehead atoms. The first-order valence-electron chi connectivity index (χ1n) is 7.36. The van der Waals surface area contributed by atoms with E-state index in [1.165, 1.54) is 32.2 Å². The molecule has 1 aliphatic rings. The van der Waals surface area contributed by atoms with Crippen LogP contribution in [0.5, 0.6) is 0 Å². The van der Waals surface area contributed by atoms with Crippen molar-refractivity contribution in [1.82, 2.24) is 10.2 Å². The maximum Gasteiger partial charge on any atom is 0.104 e. The largest absolute Gasteiger partial charge is 0.303 e. The van der Waals surface area contributed by atoms with E-state index in [1.807, 2.05) is 6.92 Å². The van der Waals surface area contributed by atoms with Gasteiger partial charge in [-0.3, -0.25) is 5.32 Å². The zero-order chi connectivity index (χ0) is 13.6. The number of nitrogens with zero attached hydrogens (tertiary/aromatic N) is 2. The van der Waals surface area contributed by atoms with Crippen LogP contribution in [0.1, 0.15) is 59.3 Å². The van der Waals surface area contributed by atoms with Gasteiger partial charge in [0.25, 0.3) is 0 Å². The lowest BCUT2D eigenvalue weighted by Gasteiger charge is -2.35. The molecule has 1 fully saturated rings. The highest BCUT2D eigenvalue weighted by Crippen LogP contribution is 2.24. The van der Waals surface area contributed by atoms with Crippen LogP contribution in [0.15, 0.2) is 0 Å². The minimum atomic E-state index is -0.358. The molecule has 1 rings (SSSR count). The molecule has 18 heavy (non-hydrogen) atoms. The van der Waals surface area contributed by atoms with Crippen molar-refractivity contribution in [3.05, 3.63) is 0 Å². The minimum absolute atomic E-state index is 0.358. The zero-order valence-electron chi connectivity index (χ0n) is 12.5. The monoisotopic (exact) mass is 251 g/mol. The third-order valence-electron chi connectivity index (χ3n) is 3.99. The summed E-state index contributed by atoms with van der Waals surface area (Å²) in [6.07, 6.45) is 7.42. The molecule has 0 aromatic rings. The fraction of sp³-hybridized carbons (Fsp3) is 0.933. The van der Waals surface area contributed by atoms with Gasteiger partial charge in [-0.2, -0.15) is 5.26 Å². The second-order valence-electron chi connectivity index (χ2n) is 6.27. The molecule has 0 radical (unpaired) electrons. The first-order chi connectivity index (χ1) is 8.47. The number of unbranched alkanes of at least 4 members (excludes halogenated alkanes) is 1. The van der Waals surface area contributed by atoms with E-state index in [0.717, 1.165) is 18.9 Å². The van der Waals surface area contributed by atoms with E-state index >= 15 is 0 Å². The van der Waals surface area contributed by atoms with Gasteiger partial charge in [-0.05, 0) is 66.5 Å². The Kier molecular flexibility index (Phi) is 6.11. The highest BCUT2D eigenvalue weighted by atomic mass is 15.1. The predicted molar refractivity (Wildman–Crippen MR) is 76.4 cm³/mol. The summed E-state index contributed by atoms with van der Waals surface area (Å²) in [6, 6.07) is 3.62. The van der Waals surface area contributed by atoms with Crippen molar-refractivity contribution in [2.75, 3.05) is 13.6 Å². The van der Waals surface area contributed by atoms with Crippen LogP contribution in [0, 0.1) is 11.3 Å². The molecule has 0 aromatic heterocycles. The molecule has 1 N–H and O–H groups in total. The van der Waals surface area contributed by atoms with E-state index in [0.29, 0.717) is 6.04 Å². The van der Waals surface area contributed by atoms with Crippen LogP contribution < -0.4 is 5.32 Å². The molecule has 104 valence electrons. The summed E-state index contributed by atoms with van der Waals surface area (Å²) in [4.78, 5) is 2.49. The Hall–Kier alpha value is -0.590. The molecule has 1 saturated carbocycles. The average Bonchev–Trinajstić information content (AvgIpc) is 2.21. The minimum Gasteiger partial charge on any atom is -0.303 e. The molecule has 0 aromatic carbocycles. The molecular formula is C15H29N3. The fourth-order valence-corrected chi connectivity index (χ4v) is 2.65. The summed E-state index contributed by atoms with van der Waals surface area (Å²) in [5, 5.41) is 12.6. The summed E-state index contributed by atoms with van der Waals surface area (Å²) < 4.78 is 0. The smallest absolute Gasteiger partial charge is 0.104 e. The molecule has 0 spiro atoms. The van der Waals surface area contributed by atoms with Gasteiger partial charge in [0.2, 0.25) is 0 Å². The summed E-state index contributed by atoms with van der Waals surface area (Å²) in [5.74, 6) is 0. The maximum atomic E-state index is 9.26. The fourth-order valence-electron chi connectivity index (χ4n) is 2.65. The lowest BCUT2D eigenvalue weighted by atomic mass is 9.91. The predicted octanol–water partition coefficient (Wildman–Crippen LogP) is 2.92. The lowest BCUT2D eigenvalue weighted by Crippen LogP contribution is -2.45. The first kappa shape index (κ1) is 15.5. The van der Waals surface area contributed by atoms with Gasteiger partial charge in [-0.15, -0.1) is 0 Å². The normalized spacial score (nSPS) is 19.6.